The molecule has 12 heteroatoms. The molecule has 0 aromatic heterocycles. The third-order valence-corrected chi connectivity index (χ3v) is 6.10. The van der Waals surface area contributed by atoms with Crippen LogP contribution in [0.15, 0.2) is 0 Å². The Hall–Kier alpha value is -0.0401. The molecular weight excluding hydrogens is 327 g/mol. The topological polar surface area (TPSA) is 27.6 Å². The average molecular weight is 351 g/mol. The zero-order chi connectivity index (χ0) is 17.9. The molecule has 1 nitrogen and oxygen atoms in total. The number of hydrogen-bond acceptors (Lipinski definition) is 0. The molecule has 0 radical (unpaired) electrons. The minimum atomic E-state index is -6.00. The molecule has 0 aromatic carbocycles. The molecule has 0 saturated heterocycles. The van der Waals surface area contributed by atoms with E-state index < -0.39 is 14.5 Å². The van der Waals surface area contributed by atoms with Crippen molar-refractivity contribution in [1.29, 1.82) is 0 Å². The van der Waals surface area contributed by atoms with Crippen LogP contribution in [0.2, 0.25) is 0 Å². The normalized spacial score (nSPS) is 12.0. The summed E-state index contributed by atoms with van der Waals surface area (Å²) in [6.07, 6.45) is 2.80. The van der Waals surface area contributed by atoms with Gasteiger partial charge < -0.3 is 40.3 Å². The molecule has 0 amide bonds. The molecule has 21 heavy (non-hydrogen) atoms. The van der Waals surface area contributed by atoms with E-state index in [1.165, 1.54) is 12.6 Å². The standard InChI is InChI=1S/C9H22NP.2BF4/c1-8(2)11(9(3)4)7-5-6-10;2*2-1(3,4)5/h8-9H,5-7,10H2,1-4H3;;/q;2*-1/p+2. The van der Waals surface area contributed by atoms with Crippen LogP contribution in [0.3, 0.4) is 0 Å². The first kappa shape index (κ1) is 25.9. The Morgan fingerprint density at radius 2 is 1.00 bits per heavy atom. The maximum absolute atomic E-state index is 9.75. The van der Waals surface area contributed by atoms with E-state index in [1.807, 2.05) is 0 Å². The fourth-order valence-corrected chi connectivity index (χ4v) is 4.72. The molecule has 0 fully saturated rings. The van der Waals surface area contributed by atoms with Crippen molar-refractivity contribution in [3.63, 3.8) is 0 Å². The van der Waals surface area contributed by atoms with E-state index in [4.69, 9.17) is 0 Å². The maximum Gasteiger partial charge on any atom is 0.673 e. The van der Waals surface area contributed by atoms with Crippen LogP contribution in [0.5, 0.6) is 0 Å². The summed E-state index contributed by atoms with van der Waals surface area (Å²) in [5.74, 6) is 0. The number of quaternary nitrogens is 1. The van der Waals surface area contributed by atoms with E-state index in [0.29, 0.717) is 0 Å². The van der Waals surface area contributed by atoms with Gasteiger partial charge in [-0.3, -0.25) is 0 Å². The summed E-state index contributed by atoms with van der Waals surface area (Å²) in [7, 11) is -12.1. The van der Waals surface area contributed by atoms with Crippen molar-refractivity contribution in [2.45, 2.75) is 45.4 Å². The second-order valence-electron chi connectivity index (χ2n) is 4.83. The summed E-state index contributed by atoms with van der Waals surface area (Å²) in [6, 6.07) is 0. The summed E-state index contributed by atoms with van der Waals surface area (Å²) in [6.45, 7) is 10.6. The lowest BCUT2D eigenvalue weighted by Crippen LogP contribution is -2.50. The lowest BCUT2D eigenvalue weighted by atomic mass is 10.3. The highest BCUT2D eigenvalue weighted by Gasteiger charge is 2.23. The molecule has 0 rings (SSSR count). The SMILES string of the molecule is CC(C)[PH+](CCC[NH3+])C(C)C.F[B-](F)(F)F.F[B-](F)(F)F. The predicted octanol–water partition coefficient (Wildman–Crippen LogP) is 4.25. The summed E-state index contributed by atoms with van der Waals surface area (Å²) >= 11 is 0. The fraction of sp³-hybridized carbons (Fsp3) is 1.00. The minimum absolute atomic E-state index is 0.0813. The summed E-state index contributed by atoms with van der Waals surface area (Å²) < 4.78 is 78.0. The van der Waals surface area contributed by atoms with Crippen LogP contribution >= 0.6 is 7.92 Å². The van der Waals surface area contributed by atoms with Crippen LogP contribution in [-0.2, 0) is 0 Å². The Labute approximate surface area is 122 Å². The van der Waals surface area contributed by atoms with Crippen molar-refractivity contribution in [2.75, 3.05) is 12.7 Å². The monoisotopic (exact) mass is 351 g/mol. The van der Waals surface area contributed by atoms with Crippen LogP contribution in [-0.4, -0.2) is 38.5 Å². The van der Waals surface area contributed by atoms with Gasteiger partial charge in [0.1, 0.15) is 0 Å². The largest absolute Gasteiger partial charge is 0.673 e. The average Bonchev–Trinajstić information content (AvgIpc) is 2.11. The first-order valence-electron chi connectivity index (χ1n) is 6.49. The van der Waals surface area contributed by atoms with Crippen molar-refractivity contribution in [3.05, 3.63) is 0 Å². The number of hydrogen-bond donors (Lipinski definition) is 1. The van der Waals surface area contributed by atoms with Crippen molar-refractivity contribution >= 4 is 22.4 Å². The van der Waals surface area contributed by atoms with Gasteiger partial charge in [0, 0.05) is 14.3 Å². The van der Waals surface area contributed by atoms with Crippen LogP contribution in [0.25, 0.3) is 0 Å². The van der Waals surface area contributed by atoms with Gasteiger partial charge in [0.05, 0.1) is 24.0 Å². The molecule has 0 saturated carbocycles. The quantitative estimate of drug-likeness (QED) is 0.436. The van der Waals surface area contributed by atoms with E-state index in [9.17, 15) is 34.5 Å². The molecule has 0 atom stereocenters. The second-order valence-corrected chi connectivity index (χ2v) is 8.79. The number of halogens is 8. The van der Waals surface area contributed by atoms with Crippen molar-refractivity contribution in [1.82, 2.24) is 0 Å². The van der Waals surface area contributed by atoms with Gasteiger partial charge in [0.25, 0.3) is 0 Å². The molecule has 0 aliphatic carbocycles. The van der Waals surface area contributed by atoms with E-state index in [2.05, 4.69) is 33.4 Å². The van der Waals surface area contributed by atoms with Gasteiger partial charge in [0.15, 0.2) is 0 Å². The third-order valence-electron chi connectivity index (χ3n) is 2.20. The molecule has 132 valence electrons. The van der Waals surface area contributed by atoms with E-state index in [1.54, 1.807) is 0 Å². The fourth-order valence-electron chi connectivity index (χ4n) is 1.57. The smallest absolute Gasteiger partial charge is 0.418 e. The van der Waals surface area contributed by atoms with Crippen molar-refractivity contribution in [2.24, 2.45) is 0 Å². The van der Waals surface area contributed by atoms with Crippen LogP contribution in [0, 0.1) is 0 Å². The Bertz CT molecular complexity index is 203. The predicted molar refractivity (Wildman–Crippen MR) is 76.2 cm³/mol. The first-order chi connectivity index (χ1) is 9.09. The summed E-state index contributed by atoms with van der Waals surface area (Å²) in [5.41, 5.74) is 5.77. The Morgan fingerprint density at radius 1 is 0.762 bits per heavy atom. The minimum Gasteiger partial charge on any atom is -0.418 e. The zero-order valence-corrected chi connectivity index (χ0v) is 13.7. The lowest BCUT2D eigenvalue weighted by Gasteiger charge is -2.16. The molecule has 3 N–H and O–H groups in total. The molecule has 0 aliphatic rings. The van der Waals surface area contributed by atoms with Gasteiger partial charge in [0.2, 0.25) is 0 Å². The molecule has 0 spiro atoms. The molecule has 0 heterocycles. The molecular formula is C9H24B2F8NP. The Kier molecular flexibility index (Phi) is 15.4. The van der Waals surface area contributed by atoms with Gasteiger partial charge in [-0.05, 0) is 27.7 Å². The van der Waals surface area contributed by atoms with Crippen LogP contribution in [0.1, 0.15) is 34.1 Å². The second kappa shape index (κ2) is 12.5. The van der Waals surface area contributed by atoms with E-state index in [-0.39, 0.29) is 7.92 Å². The third kappa shape index (κ3) is 45.0. The van der Waals surface area contributed by atoms with E-state index >= 15 is 0 Å². The molecule has 0 unspecified atom stereocenters. The van der Waals surface area contributed by atoms with Crippen molar-refractivity contribution < 1.29 is 40.3 Å². The van der Waals surface area contributed by atoms with Gasteiger partial charge >= 0.3 is 14.5 Å². The highest BCUT2D eigenvalue weighted by molar-refractivity contribution is 7.59. The Morgan fingerprint density at radius 3 is 1.14 bits per heavy atom. The maximum atomic E-state index is 9.75. The van der Waals surface area contributed by atoms with E-state index in [0.717, 1.165) is 17.9 Å². The van der Waals surface area contributed by atoms with Gasteiger partial charge in [-0.2, -0.15) is 0 Å². The highest BCUT2D eigenvalue weighted by Crippen LogP contribution is 2.45. The van der Waals surface area contributed by atoms with Crippen molar-refractivity contribution in [3.8, 4) is 0 Å². The summed E-state index contributed by atoms with van der Waals surface area (Å²) in [5, 5.41) is 0. The van der Waals surface area contributed by atoms with Gasteiger partial charge in [-0.15, -0.1) is 0 Å². The zero-order valence-electron chi connectivity index (χ0n) is 12.7. The Balaban J connectivity index is -0.000000270. The van der Waals surface area contributed by atoms with Crippen LogP contribution < -0.4 is 5.73 Å². The molecule has 0 aromatic rings. The summed E-state index contributed by atoms with van der Waals surface area (Å²) in [4.78, 5) is 0. The van der Waals surface area contributed by atoms with Crippen LogP contribution in [0.4, 0.5) is 34.5 Å². The molecule has 0 aliphatic heterocycles. The highest BCUT2D eigenvalue weighted by atomic mass is 31.1. The number of rotatable bonds is 5. The van der Waals surface area contributed by atoms with Gasteiger partial charge in [-0.25, -0.2) is 0 Å². The lowest BCUT2D eigenvalue weighted by molar-refractivity contribution is -0.367. The first-order valence-corrected chi connectivity index (χ1v) is 8.35. The van der Waals surface area contributed by atoms with Gasteiger partial charge in [-0.1, -0.05) is 0 Å². The molecule has 0 bridgehead atoms.